The van der Waals surface area contributed by atoms with Gasteiger partial charge in [-0.2, -0.15) is 5.06 Å². The molecule has 0 amide bonds. The van der Waals surface area contributed by atoms with Gasteiger partial charge in [0.25, 0.3) is 0 Å². The molecule has 0 aliphatic rings. The van der Waals surface area contributed by atoms with Crippen molar-refractivity contribution in [3.8, 4) is 0 Å². The van der Waals surface area contributed by atoms with E-state index in [1.807, 2.05) is 24.3 Å². The number of rotatable bonds is 10. The van der Waals surface area contributed by atoms with Crippen LogP contribution >= 0.6 is 0 Å². The van der Waals surface area contributed by atoms with Crippen molar-refractivity contribution in [2.45, 2.75) is 25.7 Å². The highest BCUT2D eigenvalue weighted by molar-refractivity contribution is 5.91. The Morgan fingerprint density at radius 1 is 0.786 bits per heavy atom. The summed E-state index contributed by atoms with van der Waals surface area (Å²) in [5.41, 5.74) is 2.95. The van der Waals surface area contributed by atoms with Crippen molar-refractivity contribution < 1.29 is 24.3 Å². The number of hydrogen-bond acceptors (Lipinski definition) is 6. The van der Waals surface area contributed by atoms with Gasteiger partial charge in [-0.25, -0.2) is 9.59 Å². The predicted octanol–water partition coefficient (Wildman–Crippen LogP) is 3.52. The molecule has 1 N–H and O–H groups in total. The fourth-order valence-electron chi connectivity index (χ4n) is 3.11. The maximum absolute atomic E-state index is 11.8. The molecular formula is C22H27NO5. The van der Waals surface area contributed by atoms with Crippen LogP contribution in [-0.2, 0) is 22.3 Å². The van der Waals surface area contributed by atoms with Gasteiger partial charge in [0.15, 0.2) is 0 Å². The number of benzene rings is 2. The summed E-state index contributed by atoms with van der Waals surface area (Å²) in [6, 6.07) is 14.7. The first-order valence-electron chi connectivity index (χ1n) is 9.33. The van der Waals surface area contributed by atoms with Gasteiger partial charge in [-0.05, 0) is 48.9 Å². The standard InChI is InChI=1S/C22H27NO5/c1-27-21(24)19-13-5-3-9-17(19)11-7-15-23(26)16-8-12-18-10-4-6-14-20(18)22(25)28-2/h3-6,9-10,13-14,26H,7-8,11-12,15-16H2,1-2H3. The molecule has 0 aliphatic carbocycles. The van der Waals surface area contributed by atoms with Gasteiger partial charge >= 0.3 is 11.9 Å². The predicted molar refractivity (Wildman–Crippen MR) is 106 cm³/mol. The van der Waals surface area contributed by atoms with Crippen molar-refractivity contribution in [2.24, 2.45) is 0 Å². The van der Waals surface area contributed by atoms with Crippen molar-refractivity contribution in [3.63, 3.8) is 0 Å². The topological polar surface area (TPSA) is 76.1 Å². The molecule has 2 aromatic rings. The molecule has 0 saturated heterocycles. The maximum atomic E-state index is 11.8. The molecule has 0 radical (unpaired) electrons. The Balaban J connectivity index is 1.78. The third-order valence-corrected chi connectivity index (χ3v) is 4.57. The van der Waals surface area contributed by atoms with E-state index in [0.29, 0.717) is 49.9 Å². The third-order valence-electron chi connectivity index (χ3n) is 4.57. The molecule has 0 atom stereocenters. The number of methoxy groups -OCH3 is 2. The zero-order valence-electron chi connectivity index (χ0n) is 16.4. The highest BCUT2D eigenvalue weighted by Crippen LogP contribution is 2.14. The Morgan fingerprint density at radius 3 is 1.57 bits per heavy atom. The molecule has 2 rings (SSSR count). The number of hydroxylamine groups is 2. The summed E-state index contributed by atoms with van der Waals surface area (Å²) in [5.74, 6) is -0.693. The van der Waals surface area contributed by atoms with Crippen molar-refractivity contribution in [1.29, 1.82) is 0 Å². The summed E-state index contributed by atoms with van der Waals surface area (Å²) >= 11 is 0. The molecule has 150 valence electrons. The first-order valence-corrected chi connectivity index (χ1v) is 9.33. The van der Waals surface area contributed by atoms with E-state index >= 15 is 0 Å². The Bertz CT molecular complexity index is 725. The Labute approximate surface area is 165 Å². The number of esters is 2. The van der Waals surface area contributed by atoms with Gasteiger partial charge in [0.1, 0.15) is 0 Å². The van der Waals surface area contributed by atoms with E-state index in [9.17, 15) is 14.8 Å². The van der Waals surface area contributed by atoms with E-state index in [1.54, 1.807) is 24.3 Å². The van der Waals surface area contributed by atoms with E-state index in [4.69, 9.17) is 9.47 Å². The second-order valence-corrected chi connectivity index (χ2v) is 6.46. The first kappa shape index (κ1) is 21.6. The number of nitrogens with zero attached hydrogens (tertiary/aromatic N) is 1. The monoisotopic (exact) mass is 385 g/mol. The minimum Gasteiger partial charge on any atom is -0.465 e. The van der Waals surface area contributed by atoms with Crippen molar-refractivity contribution in [3.05, 3.63) is 70.8 Å². The lowest BCUT2D eigenvalue weighted by Crippen LogP contribution is -2.23. The largest absolute Gasteiger partial charge is 0.465 e. The third kappa shape index (κ3) is 6.18. The van der Waals surface area contributed by atoms with Crippen LogP contribution in [0.25, 0.3) is 0 Å². The highest BCUT2D eigenvalue weighted by Gasteiger charge is 2.12. The van der Waals surface area contributed by atoms with Gasteiger partial charge in [0.2, 0.25) is 0 Å². The van der Waals surface area contributed by atoms with Crippen LogP contribution in [0.5, 0.6) is 0 Å². The molecule has 6 heteroatoms. The molecule has 0 saturated carbocycles. The minimum absolute atomic E-state index is 0.347. The average molecular weight is 385 g/mol. The normalized spacial score (nSPS) is 10.7. The summed E-state index contributed by atoms with van der Waals surface area (Å²) in [6.07, 6.45) is 2.77. The second-order valence-electron chi connectivity index (χ2n) is 6.46. The maximum Gasteiger partial charge on any atom is 0.338 e. The van der Waals surface area contributed by atoms with Crippen LogP contribution in [0.2, 0.25) is 0 Å². The number of carbonyl (C=O) groups is 2. The van der Waals surface area contributed by atoms with Gasteiger partial charge in [0.05, 0.1) is 25.3 Å². The first-order chi connectivity index (χ1) is 13.6. The fourth-order valence-corrected chi connectivity index (χ4v) is 3.11. The molecule has 0 unspecified atom stereocenters. The van der Waals surface area contributed by atoms with Crippen molar-refractivity contribution in [1.82, 2.24) is 5.06 Å². The van der Waals surface area contributed by atoms with Gasteiger partial charge in [-0.3, -0.25) is 0 Å². The molecule has 0 bridgehead atoms. The van der Waals surface area contributed by atoms with Crippen LogP contribution in [0.3, 0.4) is 0 Å². The smallest absolute Gasteiger partial charge is 0.338 e. The average Bonchev–Trinajstić information content (AvgIpc) is 2.73. The van der Waals surface area contributed by atoms with Gasteiger partial charge in [-0.15, -0.1) is 0 Å². The lowest BCUT2D eigenvalue weighted by atomic mass is 10.0. The van der Waals surface area contributed by atoms with Crippen molar-refractivity contribution >= 4 is 11.9 Å². The molecule has 0 aliphatic heterocycles. The molecule has 2 aromatic carbocycles. The molecule has 0 spiro atoms. The fraction of sp³-hybridized carbons (Fsp3) is 0.364. The SMILES string of the molecule is COC(=O)c1ccccc1CCCN(O)CCCc1ccccc1C(=O)OC. The molecule has 6 nitrogen and oxygen atoms in total. The number of hydrogen-bond donors (Lipinski definition) is 1. The van der Waals surface area contributed by atoms with Crippen LogP contribution in [0.1, 0.15) is 44.7 Å². The van der Waals surface area contributed by atoms with E-state index in [1.165, 1.54) is 19.3 Å². The van der Waals surface area contributed by atoms with Gasteiger partial charge in [0, 0.05) is 13.1 Å². The van der Waals surface area contributed by atoms with E-state index < -0.39 is 0 Å². The summed E-state index contributed by atoms with van der Waals surface area (Å²) in [5, 5.41) is 11.4. The van der Waals surface area contributed by atoms with Crippen LogP contribution in [0, 0.1) is 0 Å². The minimum atomic E-state index is -0.347. The Hall–Kier alpha value is -2.70. The van der Waals surface area contributed by atoms with Gasteiger partial charge in [-0.1, -0.05) is 36.4 Å². The van der Waals surface area contributed by atoms with Crippen LogP contribution in [0.4, 0.5) is 0 Å². The summed E-state index contributed by atoms with van der Waals surface area (Å²) in [6.45, 7) is 0.988. The highest BCUT2D eigenvalue weighted by atomic mass is 16.5. The van der Waals surface area contributed by atoms with Crippen LogP contribution < -0.4 is 0 Å². The number of aryl methyl sites for hydroxylation is 2. The molecular weight excluding hydrogens is 358 g/mol. The Kier molecular flexibility index (Phi) is 8.65. The zero-order chi connectivity index (χ0) is 20.4. The summed E-state index contributed by atoms with van der Waals surface area (Å²) in [4.78, 5) is 23.6. The molecule has 0 heterocycles. The Morgan fingerprint density at radius 2 is 1.18 bits per heavy atom. The lowest BCUT2D eigenvalue weighted by molar-refractivity contribution is -0.0916. The summed E-state index contributed by atoms with van der Waals surface area (Å²) in [7, 11) is 2.74. The van der Waals surface area contributed by atoms with Crippen molar-refractivity contribution in [2.75, 3.05) is 27.3 Å². The van der Waals surface area contributed by atoms with E-state index in [2.05, 4.69) is 0 Å². The summed E-state index contributed by atoms with van der Waals surface area (Å²) < 4.78 is 9.60. The quantitative estimate of drug-likeness (QED) is 0.498. The van der Waals surface area contributed by atoms with Crippen LogP contribution in [0.15, 0.2) is 48.5 Å². The zero-order valence-corrected chi connectivity index (χ0v) is 16.4. The van der Waals surface area contributed by atoms with Crippen LogP contribution in [-0.4, -0.2) is 49.5 Å². The van der Waals surface area contributed by atoms with E-state index in [0.717, 1.165) is 11.1 Å². The number of carbonyl (C=O) groups excluding carboxylic acids is 2. The number of ether oxygens (including phenoxy) is 2. The van der Waals surface area contributed by atoms with E-state index in [-0.39, 0.29) is 11.9 Å². The second kappa shape index (κ2) is 11.2. The lowest BCUT2D eigenvalue weighted by Gasteiger charge is -2.15. The molecule has 0 fully saturated rings. The van der Waals surface area contributed by atoms with Gasteiger partial charge < -0.3 is 14.7 Å². The molecule has 28 heavy (non-hydrogen) atoms. The molecule has 0 aromatic heterocycles.